The zero-order valence-corrected chi connectivity index (χ0v) is 29.1. The zero-order chi connectivity index (χ0) is 36.6. The standard InChI is InChI=1S/C27H40N2O9S3.C2HF3O2/c1-4-6-12-27(5-2)20-39(30,31)25-17-22(19-29(13-15-40(32,33)34)14-16-41(35,36)37)24(38-3)18-23(25)26(28-27)21-10-8-7-9-11-21;3-2(4,5)1(6)7/h7-11,17-18,26,28H,4-6,12-16,19-20H2,1-3H3,(H,32,33,34)(H,35,36,37);(H,6,7)/t26-,27-;/m1./s1. The van der Waals surface area contributed by atoms with Crippen LogP contribution in [-0.4, -0.2) is 99.5 Å². The number of methoxy groups -OCH3 is 1. The summed E-state index contributed by atoms with van der Waals surface area (Å²) < 4.78 is 130. The highest BCUT2D eigenvalue weighted by molar-refractivity contribution is 7.91. The van der Waals surface area contributed by atoms with Crippen LogP contribution in [0, 0.1) is 0 Å². The summed E-state index contributed by atoms with van der Waals surface area (Å²) in [6.45, 7) is 3.43. The number of rotatable bonds is 14. The molecule has 1 heterocycles. The fourth-order valence-electron chi connectivity index (χ4n) is 5.24. The molecule has 2 atom stereocenters. The number of benzene rings is 2. The van der Waals surface area contributed by atoms with Gasteiger partial charge in [0.1, 0.15) is 5.75 Å². The monoisotopic (exact) mass is 746 g/mol. The number of carboxylic acid groups (broad SMARTS) is 1. The number of carbonyl (C=O) groups is 1. The van der Waals surface area contributed by atoms with Gasteiger partial charge in [0.05, 0.1) is 35.3 Å². The minimum absolute atomic E-state index is 0.0881. The number of nitrogens with zero attached hydrogens (tertiary/aromatic N) is 1. The van der Waals surface area contributed by atoms with E-state index in [2.05, 4.69) is 12.2 Å². The van der Waals surface area contributed by atoms with Gasteiger partial charge in [-0.3, -0.25) is 19.3 Å². The van der Waals surface area contributed by atoms with Crippen molar-refractivity contribution in [2.75, 3.05) is 37.5 Å². The fourth-order valence-corrected chi connectivity index (χ4v) is 8.39. The molecule has 0 radical (unpaired) electrons. The number of hydrogen-bond acceptors (Lipinski definition) is 10. The van der Waals surface area contributed by atoms with Crippen molar-refractivity contribution in [1.82, 2.24) is 10.2 Å². The Morgan fingerprint density at radius 3 is 2.02 bits per heavy atom. The average molecular weight is 747 g/mol. The molecule has 1 aliphatic rings. The van der Waals surface area contributed by atoms with Crippen molar-refractivity contribution in [2.24, 2.45) is 0 Å². The Hall–Kier alpha value is -2.81. The highest BCUT2D eigenvalue weighted by Crippen LogP contribution is 2.41. The van der Waals surface area contributed by atoms with E-state index in [9.17, 15) is 47.5 Å². The lowest BCUT2D eigenvalue weighted by atomic mass is 9.88. The molecule has 0 bridgehead atoms. The van der Waals surface area contributed by atoms with E-state index >= 15 is 0 Å². The minimum atomic E-state index is -5.08. The quantitative estimate of drug-likeness (QED) is 0.204. The molecule has 272 valence electrons. The average Bonchev–Trinajstić information content (AvgIpc) is 3.08. The predicted molar refractivity (Wildman–Crippen MR) is 171 cm³/mol. The van der Waals surface area contributed by atoms with Crippen LogP contribution in [-0.2, 0) is 41.4 Å². The number of hydrogen-bond donors (Lipinski definition) is 4. The SMILES string of the molecule is CCCC[C@]1(CC)CS(=O)(=O)c2cc(CN(CCS(=O)(=O)O)CCS(=O)(=O)O)c(OC)cc2[C@@H](c2ccccc2)N1.O=C(O)C(F)(F)F. The van der Waals surface area contributed by atoms with E-state index in [0.29, 0.717) is 29.7 Å². The van der Waals surface area contributed by atoms with Crippen LogP contribution < -0.4 is 10.1 Å². The Kier molecular flexibility index (Phi) is 14.4. The molecule has 2 aromatic carbocycles. The molecule has 1 aliphatic heterocycles. The minimum Gasteiger partial charge on any atom is -0.496 e. The Morgan fingerprint density at radius 1 is 1.04 bits per heavy atom. The molecule has 13 nitrogen and oxygen atoms in total. The summed E-state index contributed by atoms with van der Waals surface area (Å²) in [5, 5.41) is 10.8. The molecule has 0 fully saturated rings. The summed E-state index contributed by atoms with van der Waals surface area (Å²) in [6, 6.07) is 12.3. The van der Waals surface area contributed by atoms with Crippen molar-refractivity contribution in [3.05, 3.63) is 59.2 Å². The number of aliphatic carboxylic acids is 1. The van der Waals surface area contributed by atoms with Gasteiger partial charge in [-0.05, 0) is 36.1 Å². The molecular formula is C29H41F3N2O11S3. The van der Waals surface area contributed by atoms with Crippen molar-refractivity contribution >= 4 is 36.0 Å². The number of nitrogens with one attached hydrogen (secondary N) is 1. The summed E-state index contributed by atoms with van der Waals surface area (Å²) in [7, 11) is -11.1. The van der Waals surface area contributed by atoms with Gasteiger partial charge in [0.25, 0.3) is 20.2 Å². The normalized spacial score (nSPS) is 19.5. The largest absolute Gasteiger partial charge is 0.496 e. The summed E-state index contributed by atoms with van der Waals surface area (Å²) in [4.78, 5) is 10.4. The third kappa shape index (κ3) is 12.6. The van der Waals surface area contributed by atoms with Gasteiger partial charge in [-0.25, -0.2) is 13.2 Å². The van der Waals surface area contributed by atoms with Gasteiger partial charge < -0.3 is 9.84 Å². The van der Waals surface area contributed by atoms with E-state index in [1.54, 1.807) is 6.07 Å². The van der Waals surface area contributed by atoms with Gasteiger partial charge >= 0.3 is 12.1 Å². The second-order valence-corrected chi connectivity index (χ2v) is 16.4. The summed E-state index contributed by atoms with van der Waals surface area (Å²) in [5.41, 5.74) is 1.12. The van der Waals surface area contributed by atoms with Crippen LogP contribution in [0.3, 0.4) is 0 Å². The number of unbranched alkanes of at least 4 members (excludes halogenated alkanes) is 1. The Morgan fingerprint density at radius 2 is 1.58 bits per heavy atom. The molecule has 4 N–H and O–H groups in total. The van der Waals surface area contributed by atoms with Gasteiger partial charge in [-0.15, -0.1) is 0 Å². The lowest BCUT2D eigenvalue weighted by molar-refractivity contribution is -0.192. The summed E-state index contributed by atoms with van der Waals surface area (Å²) in [6.07, 6.45) is -2.07. The third-order valence-corrected chi connectivity index (χ3v) is 11.1. The second kappa shape index (κ2) is 16.7. The van der Waals surface area contributed by atoms with Crippen molar-refractivity contribution in [1.29, 1.82) is 0 Å². The van der Waals surface area contributed by atoms with E-state index in [-0.39, 0.29) is 30.3 Å². The van der Waals surface area contributed by atoms with Crippen LogP contribution in [0.5, 0.6) is 5.75 Å². The first kappa shape index (κ1) is 41.4. The molecule has 0 aliphatic carbocycles. The molecule has 2 aromatic rings. The molecule has 0 spiro atoms. The van der Waals surface area contributed by atoms with Crippen molar-refractivity contribution in [2.45, 2.75) is 68.7 Å². The van der Waals surface area contributed by atoms with Crippen LogP contribution in [0.1, 0.15) is 62.3 Å². The van der Waals surface area contributed by atoms with Crippen LogP contribution in [0.15, 0.2) is 47.4 Å². The molecule has 19 heteroatoms. The second-order valence-electron chi connectivity index (χ2n) is 11.3. The topological polar surface area (TPSA) is 205 Å². The predicted octanol–water partition coefficient (Wildman–Crippen LogP) is 3.71. The van der Waals surface area contributed by atoms with Crippen LogP contribution >= 0.6 is 0 Å². The van der Waals surface area contributed by atoms with Crippen LogP contribution in [0.2, 0.25) is 0 Å². The Labute approximate surface area is 278 Å². The smallest absolute Gasteiger partial charge is 0.490 e. The zero-order valence-electron chi connectivity index (χ0n) is 26.6. The van der Waals surface area contributed by atoms with E-state index in [1.807, 2.05) is 37.3 Å². The molecule has 0 saturated carbocycles. The number of sulfone groups is 1. The third-order valence-electron chi connectivity index (χ3n) is 7.76. The van der Waals surface area contributed by atoms with Gasteiger partial charge in [-0.2, -0.15) is 30.0 Å². The molecule has 0 unspecified atom stereocenters. The maximum atomic E-state index is 14.0. The van der Waals surface area contributed by atoms with E-state index in [0.717, 1.165) is 18.4 Å². The highest BCUT2D eigenvalue weighted by Gasteiger charge is 2.42. The molecule has 0 aromatic heterocycles. The lowest BCUT2D eigenvalue weighted by Gasteiger charge is -2.36. The number of carboxylic acids is 1. The fraction of sp³-hybridized carbons (Fsp3) is 0.552. The first-order valence-corrected chi connectivity index (χ1v) is 19.6. The van der Waals surface area contributed by atoms with Crippen molar-refractivity contribution < 1.29 is 62.2 Å². The Bertz CT molecular complexity index is 1690. The maximum Gasteiger partial charge on any atom is 0.490 e. The van der Waals surface area contributed by atoms with Crippen molar-refractivity contribution in [3.63, 3.8) is 0 Å². The van der Waals surface area contributed by atoms with E-state index < -0.39 is 65.3 Å². The highest BCUT2D eigenvalue weighted by atomic mass is 32.2. The summed E-state index contributed by atoms with van der Waals surface area (Å²) >= 11 is 0. The van der Waals surface area contributed by atoms with Gasteiger partial charge in [-0.1, -0.05) is 57.0 Å². The Balaban J connectivity index is 0.00000103. The maximum absolute atomic E-state index is 14.0. The number of alkyl halides is 3. The van der Waals surface area contributed by atoms with Gasteiger partial charge in [0, 0.05) is 30.7 Å². The summed E-state index contributed by atoms with van der Waals surface area (Å²) in [5.74, 6) is -3.90. The van der Waals surface area contributed by atoms with Crippen molar-refractivity contribution in [3.8, 4) is 5.75 Å². The first-order valence-electron chi connectivity index (χ1n) is 14.8. The van der Waals surface area contributed by atoms with Crippen LogP contribution in [0.4, 0.5) is 13.2 Å². The number of fused-ring (bicyclic) bond motifs is 1. The molecular weight excluding hydrogens is 706 g/mol. The molecule has 0 amide bonds. The lowest BCUT2D eigenvalue weighted by Crippen LogP contribution is -2.50. The molecule has 3 rings (SSSR count). The van der Waals surface area contributed by atoms with Crippen LogP contribution in [0.25, 0.3) is 0 Å². The molecule has 48 heavy (non-hydrogen) atoms. The van der Waals surface area contributed by atoms with E-state index in [4.69, 9.17) is 14.6 Å². The molecule has 0 saturated heterocycles. The first-order chi connectivity index (χ1) is 22.1. The van der Waals surface area contributed by atoms with E-state index in [1.165, 1.54) is 18.1 Å². The number of ether oxygens (including phenoxy) is 1. The van der Waals surface area contributed by atoms with Gasteiger partial charge in [0.2, 0.25) is 0 Å². The van der Waals surface area contributed by atoms with Gasteiger partial charge in [0.15, 0.2) is 9.84 Å². The number of halogens is 3.